The molecule has 0 saturated carbocycles. The Kier molecular flexibility index (Phi) is 3.92. The van der Waals surface area contributed by atoms with Gasteiger partial charge < -0.3 is 16.2 Å². The van der Waals surface area contributed by atoms with Crippen LogP contribution in [-0.4, -0.2) is 11.0 Å². The first-order valence-electron chi connectivity index (χ1n) is 5.67. The van der Waals surface area contributed by atoms with Crippen LogP contribution >= 0.6 is 11.6 Å². The van der Waals surface area contributed by atoms with Gasteiger partial charge in [-0.2, -0.15) is 0 Å². The van der Waals surface area contributed by atoms with Gasteiger partial charge in [-0.25, -0.2) is 0 Å². The molecule has 5 heteroatoms. The van der Waals surface area contributed by atoms with Crippen LogP contribution in [0, 0.1) is 0 Å². The molecule has 0 radical (unpaired) electrons. The van der Waals surface area contributed by atoms with E-state index in [4.69, 9.17) is 17.3 Å². The summed E-state index contributed by atoms with van der Waals surface area (Å²) >= 11 is 5.78. The Morgan fingerprint density at radius 1 is 1.21 bits per heavy atom. The Labute approximate surface area is 115 Å². The van der Waals surface area contributed by atoms with Crippen molar-refractivity contribution in [2.45, 2.75) is 6.54 Å². The first-order valence-corrected chi connectivity index (χ1v) is 6.05. The number of phenolic OH excluding ortho intramolecular Hbond substituents is 1. The third-order valence-electron chi connectivity index (χ3n) is 2.65. The SMILES string of the molecule is Nc1ccc(O)cc1C(=O)NCc1ccc(Cl)cc1. The Morgan fingerprint density at radius 2 is 1.89 bits per heavy atom. The van der Waals surface area contributed by atoms with Gasteiger partial charge in [-0.15, -0.1) is 0 Å². The van der Waals surface area contributed by atoms with Crippen molar-refractivity contribution in [1.82, 2.24) is 5.32 Å². The number of benzene rings is 2. The molecule has 0 atom stereocenters. The number of nitrogen functional groups attached to an aromatic ring is 1. The van der Waals surface area contributed by atoms with Crippen molar-refractivity contribution in [2.75, 3.05) is 5.73 Å². The van der Waals surface area contributed by atoms with E-state index in [9.17, 15) is 9.90 Å². The monoisotopic (exact) mass is 276 g/mol. The zero-order chi connectivity index (χ0) is 13.8. The largest absolute Gasteiger partial charge is 0.508 e. The van der Waals surface area contributed by atoms with Crippen molar-refractivity contribution in [2.24, 2.45) is 0 Å². The van der Waals surface area contributed by atoms with E-state index in [0.29, 0.717) is 17.3 Å². The third kappa shape index (κ3) is 3.39. The van der Waals surface area contributed by atoms with E-state index >= 15 is 0 Å². The lowest BCUT2D eigenvalue weighted by Crippen LogP contribution is -2.23. The molecule has 0 saturated heterocycles. The molecular weight excluding hydrogens is 264 g/mol. The summed E-state index contributed by atoms with van der Waals surface area (Å²) in [7, 11) is 0. The third-order valence-corrected chi connectivity index (χ3v) is 2.90. The van der Waals surface area contributed by atoms with E-state index in [1.54, 1.807) is 12.1 Å². The van der Waals surface area contributed by atoms with Gasteiger partial charge in [-0.3, -0.25) is 4.79 Å². The first kappa shape index (κ1) is 13.2. The number of anilines is 1. The van der Waals surface area contributed by atoms with Gasteiger partial charge in [0.2, 0.25) is 0 Å². The van der Waals surface area contributed by atoms with Crippen LogP contribution in [0.25, 0.3) is 0 Å². The van der Waals surface area contributed by atoms with Crippen molar-refractivity contribution in [3.63, 3.8) is 0 Å². The Morgan fingerprint density at radius 3 is 2.58 bits per heavy atom. The number of halogens is 1. The van der Waals surface area contributed by atoms with Gasteiger partial charge in [-0.1, -0.05) is 23.7 Å². The summed E-state index contributed by atoms with van der Waals surface area (Å²) in [5, 5.41) is 12.7. The number of nitrogens with one attached hydrogen (secondary N) is 1. The normalized spacial score (nSPS) is 10.2. The van der Waals surface area contributed by atoms with Crippen molar-refractivity contribution < 1.29 is 9.90 Å². The molecule has 0 unspecified atom stereocenters. The van der Waals surface area contributed by atoms with Crippen LogP contribution in [0.2, 0.25) is 5.02 Å². The second-order valence-electron chi connectivity index (χ2n) is 4.08. The van der Waals surface area contributed by atoms with Crippen molar-refractivity contribution in [3.8, 4) is 5.75 Å². The minimum Gasteiger partial charge on any atom is -0.508 e. The van der Waals surface area contributed by atoms with Crippen LogP contribution in [0.5, 0.6) is 5.75 Å². The molecule has 0 aromatic heterocycles. The molecule has 2 aromatic rings. The molecule has 0 fully saturated rings. The molecule has 0 aliphatic heterocycles. The van der Waals surface area contributed by atoms with Crippen molar-refractivity contribution in [3.05, 3.63) is 58.6 Å². The van der Waals surface area contributed by atoms with E-state index in [2.05, 4.69) is 5.32 Å². The lowest BCUT2D eigenvalue weighted by atomic mass is 10.1. The number of nitrogens with two attached hydrogens (primary N) is 1. The number of hydrogen-bond acceptors (Lipinski definition) is 3. The quantitative estimate of drug-likeness (QED) is 0.596. The number of carbonyl (C=O) groups is 1. The molecule has 0 bridgehead atoms. The average Bonchev–Trinajstić information content (AvgIpc) is 2.40. The summed E-state index contributed by atoms with van der Waals surface area (Å²) in [5.74, 6) is -0.325. The minimum atomic E-state index is -0.330. The van der Waals surface area contributed by atoms with Crippen LogP contribution in [0.15, 0.2) is 42.5 Å². The van der Waals surface area contributed by atoms with E-state index in [-0.39, 0.29) is 17.2 Å². The lowest BCUT2D eigenvalue weighted by Gasteiger charge is -2.08. The van der Waals surface area contributed by atoms with E-state index < -0.39 is 0 Å². The summed E-state index contributed by atoms with van der Waals surface area (Å²) in [6, 6.07) is 11.4. The lowest BCUT2D eigenvalue weighted by molar-refractivity contribution is 0.0951. The van der Waals surface area contributed by atoms with Gasteiger partial charge in [0, 0.05) is 17.3 Å². The molecular formula is C14H13ClN2O2. The summed E-state index contributed by atoms with van der Waals surface area (Å²) in [6.45, 7) is 0.366. The molecule has 19 heavy (non-hydrogen) atoms. The van der Waals surface area contributed by atoms with Gasteiger partial charge in [0.1, 0.15) is 5.75 Å². The van der Waals surface area contributed by atoms with E-state index in [0.717, 1.165) is 5.56 Å². The fourth-order valence-electron chi connectivity index (χ4n) is 1.62. The Balaban J connectivity index is 2.05. The van der Waals surface area contributed by atoms with E-state index in [1.807, 2.05) is 12.1 Å². The highest BCUT2D eigenvalue weighted by Gasteiger charge is 2.10. The van der Waals surface area contributed by atoms with Crippen molar-refractivity contribution >= 4 is 23.2 Å². The highest BCUT2D eigenvalue weighted by molar-refractivity contribution is 6.30. The average molecular weight is 277 g/mol. The highest BCUT2D eigenvalue weighted by Crippen LogP contribution is 2.18. The molecule has 0 aliphatic rings. The van der Waals surface area contributed by atoms with E-state index in [1.165, 1.54) is 18.2 Å². The fraction of sp³-hybridized carbons (Fsp3) is 0.0714. The second kappa shape index (κ2) is 5.63. The number of carbonyl (C=O) groups excluding carboxylic acids is 1. The van der Waals surface area contributed by atoms with Crippen LogP contribution in [0.1, 0.15) is 15.9 Å². The number of rotatable bonds is 3. The van der Waals surface area contributed by atoms with Crippen LogP contribution in [0.4, 0.5) is 5.69 Å². The number of phenols is 1. The van der Waals surface area contributed by atoms with Gasteiger partial charge in [0.25, 0.3) is 5.91 Å². The summed E-state index contributed by atoms with van der Waals surface area (Å²) in [5.41, 5.74) is 7.20. The smallest absolute Gasteiger partial charge is 0.253 e. The van der Waals surface area contributed by atoms with Crippen LogP contribution < -0.4 is 11.1 Å². The molecule has 0 spiro atoms. The summed E-state index contributed by atoms with van der Waals surface area (Å²) in [6.07, 6.45) is 0. The van der Waals surface area contributed by atoms with Crippen LogP contribution in [-0.2, 0) is 6.54 Å². The second-order valence-corrected chi connectivity index (χ2v) is 4.52. The molecule has 4 nitrogen and oxygen atoms in total. The van der Waals surface area contributed by atoms with Gasteiger partial charge in [-0.05, 0) is 35.9 Å². The predicted molar refractivity (Wildman–Crippen MR) is 75.1 cm³/mol. The maximum absolute atomic E-state index is 11.9. The number of aromatic hydroxyl groups is 1. The zero-order valence-electron chi connectivity index (χ0n) is 10.1. The Bertz CT molecular complexity index is 597. The molecule has 2 aromatic carbocycles. The first-order chi connectivity index (χ1) is 9.06. The molecule has 4 N–H and O–H groups in total. The van der Waals surface area contributed by atoms with Gasteiger partial charge in [0.05, 0.1) is 5.56 Å². The standard InChI is InChI=1S/C14H13ClN2O2/c15-10-3-1-9(2-4-10)8-17-14(19)12-7-11(18)5-6-13(12)16/h1-7,18H,8,16H2,(H,17,19). The minimum absolute atomic E-state index is 0.00541. The molecule has 0 heterocycles. The summed E-state index contributed by atoms with van der Waals surface area (Å²) < 4.78 is 0. The predicted octanol–water partition coefficient (Wildman–Crippen LogP) is 2.56. The molecule has 1 amide bonds. The van der Waals surface area contributed by atoms with Crippen molar-refractivity contribution in [1.29, 1.82) is 0 Å². The van der Waals surface area contributed by atoms with Gasteiger partial charge >= 0.3 is 0 Å². The number of hydrogen-bond donors (Lipinski definition) is 3. The topological polar surface area (TPSA) is 75.3 Å². The Hall–Kier alpha value is -2.20. The molecule has 98 valence electrons. The summed E-state index contributed by atoms with van der Waals surface area (Å²) in [4.78, 5) is 11.9. The maximum Gasteiger partial charge on any atom is 0.253 e. The fourth-order valence-corrected chi connectivity index (χ4v) is 1.75. The van der Waals surface area contributed by atoms with Gasteiger partial charge in [0.15, 0.2) is 0 Å². The zero-order valence-corrected chi connectivity index (χ0v) is 10.8. The highest BCUT2D eigenvalue weighted by atomic mass is 35.5. The molecule has 0 aliphatic carbocycles. The number of amides is 1. The van der Waals surface area contributed by atoms with Crippen LogP contribution in [0.3, 0.4) is 0 Å². The molecule has 2 rings (SSSR count). The maximum atomic E-state index is 11.9.